The summed E-state index contributed by atoms with van der Waals surface area (Å²) in [6.45, 7) is 11.8. The highest BCUT2D eigenvalue weighted by molar-refractivity contribution is 5.94. The van der Waals surface area contributed by atoms with Gasteiger partial charge in [0.05, 0.1) is 16.4 Å². The van der Waals surface area contributed by atoms with Crippen molar-refractivity contribution in [2.75, 3.05) is 0 Å². The second kappa shape index (κ2) is 7.33. The van der Waals surface area contributed by atoms with Crippen LogP contribution in [0.1, 0.15) is 71.8 Å². The van der Waals surface area contributed by atoms with Gasteiger partial charge in [0.2, 0.25) is 5.60 Å². The van der Waals surface area contributed by atoms with Crippen LogP contribution in [0.4, 0.5) is 0 Å². The van der Waals surface area contributed by atoms with Crippen molar-refractivity contribution in [1.82, 2.24) is 0 Å². The number of esters is 3. The van der Waals surface area contributed by atoms with Crippen molar-refractivity contribution in [2.45, 2.75) is 84.7 Å². The Labute approximate surface area is 208 Å². The molecule has 0 N–H and O–H groups in total. The van der Waals surface area contributed by atoms with Crippen LogP contribution >= 0.6 is 0 Å². The number of carbonyl (C=O) groups is 3. The summed E-state index contributed by atoms with van der Waals surface area (Å²) in [5, 5.41) is 0.268. The Morgan fingerprint density at radius 1 is 1.00 bits per heavy atom. The Morgan fingerprint density at radius 2 is 1.69 bits per heavy atom. The van der Waals surface area contributed by atoms with Crippen molar-refractivity contribution in [1.29, 1.82) is 0 Å². The number of benzene rings is 1. The van der Waals surface area contributed by atoms with Gasteiger partial charge < -0.3 is 23.4 Å². The average molecular weight is 499 g/mol. The minimum atomic E-state index is -1.50. The van der Waals surface area contributed by atoms with Gasteiger partial charge in [-0.1, -0.05) is 13.8 Å². The highest BCUT2D eigenvalue weighted by atomic mass is 16.6. The molecule has 3 heterocycles. The van der Waals surface area contributed by atoms with E-state index in [1.165, 1.54) is 13.0 Å². The zero-order valence-corrected chi connectivity index (χ0v) is 21.5. The molecular formula is C27H30O9. The van der Waals surface area contributed by atoms with Crippen LogP contribution in [-0.4, -0.2) is 35.2 Å². The van der Waals surface area contributed by atoms with Gasteiger partial charge in [0.15, 0.2) is 17.6 Å². The number of hydrogen-bond donors (Lipinski definition) is 0. The van der Waals surface area contributed by atoms with E-state index in [9.17, 15) is 19.2 Å². The molecule has 0 amide bonds. The second-order valence-electron chi connectivity index (χ2n) is 11.3. The molecule has 2 fully saturated rings. The third kappa shape index (κ3) is 3.01. The maximum atomic E-state index is 13.9. The molecule has 2 aromatic rings. The van der Waals surface area contributed by atoms with Gasteiger partial charge in [-0.25, -0.2) is 4.79 Å². The normalized spacial score (nSPS) is 31.4. The molecule has 1 saturated carbocycles. The minimum Gasteiger partial charge on any atom is -0.483 e. The van der Waals surface area contributed by atoms with E-state index in [4.69, 9.17) is 23.4 Å². The second-order valence-corrected chi connectivity index (χ2v) is 11.3. The molecule has 0 spiro atoms. The molecule has 0 radical (unpaired) electrons. The van der Waals surface area contributed by atoms with Gasteiger partial charge >= 0.3 is 17.9 Å². The first-order valence-corrected chi connectivity index (χ1v) is 12.0. The molecule has 2 aliphatic heterocycles. The lowest BCUT2D eigenvalue weighted by molar-refractivity contribution is -0.206. The third-order valence-electron chi connectivity index (χ3n) is 8.58. The Bertz CT molecular complexity index is 1380. The molecule has 0 unspecified atom stereocenters. The first-order chi connectivity index (χ1) is 16.6. The molecule has 3 aliphatic rings. The van der Waals surface area contributed by atoms with Crippen LogP contribution in [0.15, 0.2) is 27.4 Å². The fourth-order valence-corrected chi connectivity index (χ4v) is 5.97. The highest BCUT2D eigenvalue weighted by Gasteiger charge is 2.76. The zero-order valence-electron chi connectivity index (χ0n) is 21.5. The smallest absolute Gasteiger partial charge is 0.351 e. The largest absolute Gasteiger partial charge is 0.483 e. The third-order valence-corrected chi connectivity index (χ3v) is 8.58. The highest BCUT2D eigenvalue weighted by Crippen LogP contribution is 2.66. The summed E-state index contributed by atoms with van der Waals surface area (Å²) in [7, 11) is 0. The fraction of sp³-hybridized carbons (Fsp3) is 0.556. The van der Waals surface area contributed by atoms with E-state index in [-0.39, 0.29) is 22.0 Å². The van der Waals surface area contributed by atoms with Crippen molar-refractivity contribution in [3.63, 3.8) is 0 Å². The number of carbonyl (C=O) groups excluding carboxylic acids is 3. The van der Waals surface area contributed by atoms with E-state index < -0.39 is 52.1 Å². The summed E-state index contributed by atoms with van der Waals surface area (Å²) < 4.78 is 29.6. The van der Waals surface area contributed by atoms with Crippen LogP contribution in [0.25, 0.3) is 11.0 Å². The Hall–Kier alpha value is -3.36. The molecule has 9 nitrogen and oxygen atoms in total. The van der Waals surface area contributed by atoms with Crippen molar-refractivity contribution >= 4 is 28.9 Å². The van der Waals surface area contributed by atoms with Gasteiger partial charge in [-0.05, 0) is 52.7 Å². The van der Waals surface area contributed by atoms with Crippen molar-refractivity contribution < 1.29 is 37.7 Å². The van der Waals surface area contributed by atoms with Gasteiger partial charge in [-0.15, -0.1) is 0 Å². The summed E-state index contributed by atoms with van der Waals surface area (Å²) in [5.41, 5.74) is -4.08. The molecule has 1 saturated heterocycles. The van der Waals surface area contributed by atoms with Crippen LogP contribution in [-0.2, 0) is 28.6 Å². The monoisotopic (exact) mass is 498 g/mol. The van der Waals surface area contributed by atoms with Gasteiger partial charge in [0.25, 0.3) is 0 Å². The maximum Gasteiger partial charge on any atom is 0.351 e. The summed E-state index contributed by atoms with van der Waals surface area (Å²) >= 11 is 0. The van der Waals surface area contributed by atoms with E-state index in [2.05, 4.69) is 0 Å². The average Bonchev–Trinajstić information content (AvgIpc) is 3.05. The molecule has 1 aromatic carbocycles. The molecule has 5 rings (SSSR count). The molecule has 9 heteroatoms. The molecular weight excluding hydrogens is 468 g/mol. The van der Waals surface area contributed by atoms with E-state index in [0.29, 0.717) is 24.4 Å². The van der Waals surface area contributed by atoms with Crippen molar-refractivity contribution in [2.24, 2.45) is 10.8 Å². The quantitative estimate of drug-likeness (QED) is 0.458. The summed E-state index contributed by atoms with van der Waals surface area (Å²) in [6, 6.07) is 4.57. The topological polar surface area (TPSA) is 118 Å². The van der Waals surface area contributed by atoms with Crippen LogP contribution < -0.4 is 10.2 Å². The first-order valence-electron chi connectivity index (χ1n) is 12.0. The lowest BCUT2D eigenvalue weighted by atomic mass is 9.66. The molecule has 192 valence electrons. The number of rotatable bonds is 3. The summed E-state index contributed by atoms with van der Waals surface area (Å²) in [5.74, 6) is -1.08. The molecule has 2 bridgehead atoms. The first kappa shape index (κ1) is 24.3. The minimum absolute atomic E-state index is 0.180. The summed E-state index contributed by atoms with van der Waals surface area (Å²) in [6.07, 6.45) is -1.48. The van der Waals surface area contributed by atoms with Gasteiger partial charge in [-0.2, -0.15) is 0 Å². The maximum absolute atomic E-state index is 13.9. The molecule has 4 atom stereocenters. The lowest BCUT2D eigenvalue weighted by Gasteiger charge is -2.44. The number of ether oxygens (including phenoxy) is 4. The number of hydrogen-bond acceptors (Lipinski definition) is 9. The molecule has 36 heavy (non-hydrogen) atoms. The lowest BCUT2D eigenvalue weighted by Crippen LogP contribution is -2.55. The number of fused-ring (bicyclic) bond motifs is 5. The van der Waals surface area contributed by atoms with Gasteiger partial charge in [-0.3, -0.25) is 14.4 Å². The zero-order chi connectivity index (χ0) is 26.4. The van der Waals surface area contributed by atoms with Crippen LogP contribution in [0.5, 0.6) is 5.75 Å². The van der Waals surface area contributed by atoms with Crippen LogP contribution in [0.3, 0.4) is 0 Å². The standard InChI is InChI=1S/C27H30O9/c1-13-12-16(29)15-8-9-17-18(19(15)32-13)20(21(33-14(2)28)24(3,4)35-17)34-23(31)27-11-10-26(7,22(30)36-27)25(27,5)6/h8-9,12,20-21H,10-11H2,1-7H3/t20-,21-,26+,27-/m1/s1. The fourth-order valence-electron chi connectivity index (χ4n) is 5.97. The van der Waals surface area contributed by atoms with Crippen molar-refractivity contribution in [3.05, 3.63) is 39.7 Å². The molecule has 1 aliphatic carbocycles. The Kier molecular flexibility index (Phi) is 4.96. The SMILES string of the molecule is CC(=O)O[C@@H]1[C@H](OC(=O)[C@@]23CC[C@@](C)(C(=O)O2)C3(C)C)c2c(ccc3c(=O)cc(C)oc23)OC1(C)C. The van der Waals surface area contributed by atoms with E-state index in [1.54, 1.807) is 39.8 Å². The Morgan fingerprint density at radius 3 is 2.28 bits per heavy atom. The molecule has 1 aromatic heterocycles. The summed E-state index contributed by atoms with van der Waals surface area (Å²) in [4.78, 5) is 51.6. The van der Waals surface area contributed by atoms with Crippen LogP contribution in [0, 0.1) is 17.8 Å². The van der Waals surface area contributed by atoms with E-state index in [1.807, 2.05) is 13.8 Å². The predicted octanol–water partition coefficient (Wildman–Crippen LogP) is 3.91. The van der Waals surface area contributed by atoms with Crippen LogP contribution in [0.2, 0.25) is 0 Å². The van der Waals surface area contributed by atoms with E-state index in [0.717, 1.165) is 0 Å². The van der Waals surface area contributed by atoms with Crippen molar-refractivity contribution in [3.8, 4) is 5.75 Å². The van der Waals surface area contributed by atoms with Gasteiger partial charge in [0.1, 0.15) is 22.7 Å². The Balaban J connectivity index is 1.69. The van der Waals surface area contributed by atoms with E-state index >= 15 is 0 Å². The number of aryl methyl sites for hydroxylation is 1. The predicted molar refractivity (Wildman–Crippen MR) is 126 cm³/mol. The van der Waals surface area contributed by atoms with Gasteiger partial charge in [0, 0.05) is 18.4 Å².